The van der Waals surface area contributed by atoms with Crippen LogP contribution >= 0.6 is 11.6 Å². The molecule has 0 bridgehead atoms. The van der Waals surface area contributed by atoms with Crippen LogP contribution in [0, 0.1) is 0 Å². The monoisotopic (exact) mass is 461 g/mol. The highest BCUT2D eigenvalue weighted by Gasteiger charge is 2.23. The minimum Gasteiger partial charge on any atom is -0.338 e. The molecule has 2 N–H and O–H groups in total. The van der Waals surface area contributed by atoms with Crippen LogP contribution in [0.5, 0.6) is 0 Å². The average molecular weight is 462 g/mol. The van der Waals surface area contributed by atoms with E-state index in [1.165, 1.54) is 24.3 Å². The summed E-state index contributed by atoms with van der Waals surface area (Å²) in [5.41, 5.74) is 2.21. The van der Waals surface area contributed by atoms with Gasteiger partial charge in [-0.2, -0.15) is 0 Å². The van der Waals surface area contributed by atoms with Crippen molar-refractivity contribution < 1.29 is 16.8 Å². The molecule has 1 heterocycles. The Bertz CT molecular complexity index is 1480. The maximum absolute atomic E-state index is 12.9. The summed E-state index contributed by atoms with van der Waals surface area (Å²) in [4.78, 5) is 7.04. The summed E-state index contributed by atoms with van der Waals surface area (Å²) >= 11 is 6.22. The summed E-state index contributed by atoms with van der Waals surface area (Å²) in [7, 11) is -7.86. The van der Waals surface area contributed by atoms with Gasteiger partial charge in [0.1, 0.15) is 10.7 Å². The van der Waals surface area contributed by atoms with Crippen molar-refractivity contribution in [1.82, 2.24) is 9.97 Å². The number of rotatable bonds is 5. The molecule has 154 valence electrons. The molecule has 0 fully saturated rings. The number of nitrogens with zero attached hydrogens (tertiary/aromatic N) is 1. The van der Waals surface area contributed by atoms with E-state index in [-0.39, 0.29) is 15.5 Å². The van der Waals surface area contributed by atoms with Gasteiger partial charge in [-0.25, -0.2) is 21.8 Å². The molecule has 0 aliphatic carbocycles. The van der Waals surface area contributed by atoms with Crippen LogP contribution in [0.3, 0.4) is 0 Å². The van der Waals surface area contributed by atoms with E-state index in [9.17, 15) is 16.8 Å². The number of aromatic nitrogens is 2. The largest absolute Gasteiger partial charge is 0.338 e. The minimum atomic E-state index is -4.13. The van der Waals surface area contributed by atoms with E-state index < -0.39 is 19.9 Å². The van der Waals surface area contributed by atoms with Crippen molar-refractivity contribution in [2.45, 2.75) is 9.79 Å². The lowest BCUT2D eigenvalue weighted by atomic mass is 10.2. The third-order valence-electron chi connectivity index (χ3n) is 4.40. The van der Waals surface area contributed by atoms with Gasteiger partial charge < -0.3 is 4.98 Å². The Hall–Kier alpha value is -2.88. The fourth-order valence-electron chi connectivity index (χ4n) is 3.04. The van der Waals surface area contributed by atoms with Crippen molar-refractivity contribution in [3.8, 4) is 11.4 Å². The second-order valence-corrected chi connectivity index (χ2v) is 10.7. The first kappa shape index (κ1) is 20.4. The van der Waals surface area contributed by atoms with Crippen molar-refractivity contribution in [3.05, 3.63) is 71.8 Å². The normalized spacial score (nSPS) is 12.2. The summed E-state index contributed by atoms with van der Waals surface area (Å²) in [6.45, 7) is 0. The van der Waals surface area contributed by atoms with Crippen molar-refractivity contribution in [2.75, 3.05) is 11.0 Å². The zero-order chi connectivity index (χ0) is 21.5. The fraction of sp³-hybridized carbons (Fsp3) is 0.0500. The van der Waals surface area contributed by atoms with Crippen LogP contribution < -0.4 is 4.72 Å². The molecule has 1 aromatic heterocycles. The number of anilines is 1. The number of hydrogen-bond acceptors (Lipinski definition) is 5. The van der Waals surface area contributed by atoms with E-state index in [1.807, 2.05) is 18.2 Å². The molecule has 0 spiro atoms. The number of aromatic amines is 1. The zero-order valence-corrected chi connectivity index (χ0v) is 18.0. The van der Waals surface area contributed by atoms with Crippen molar-refractivity contribution >= 4 is 48.2 Å². The van der Waals surface area contributed by atoms with Gasteiger partial charge in [-0.3, -0.25) is 4.72 Å². The van der Waals surface area contributed by atoms with Crippen molar-refractivity contribution in [3.63, 3.8) is 0 Å². The number of hydrogen-bond donors (Lipinski definition) is 2. The first-order chi connectivity index (χ1) is 14.1. The number of halogens is 1. The molecule has 0 saturated carbocycles. The van der Waals surface area contributed by atoms with Gasteiger partial charge in [-0.15, -0.1) is 0 Å². The Morgan fingerprint density at radius 1 is 0.900 bits per heavy atom. The van der Waals surface area contributed by atoms with E-state index in [4.69, 9.17) is 11.6 Å². The molecule has 0 amide bonds. The zero-order valence-electron chi connectivity index (χ0n) is 15.6. The Morgan fingerprint density at radius 2 is 1.57 bits per heavy atom. The molecule has 0 aliphatic heterocycles. The second-order valence-electron chi connectivity index (χ2n) is 6.62. The van der Waals surface area contributed by atoms with Gasteiger partial charge in [0, 0.05) is 11.8 Å². The molecule has 0 aliphatic rings. The highest BCUT2D eigenvalue weighted by molar-refractivity contribution is 7.95. The Morgan fingerprint density at radius 3 is 2.27 bits per heavy atom. The topological polar surface area (TPSA) is 109 Å². The van der Waals surface area contributed by atoms with Gasteiger partial charge in [0.25, 0.3) is 10.0 Å². The molecule has 3 aromatic carbocycles. The first-order valence-electron chi connectivity index (χ1n) is 8.72. The molecule has 30 heavy (non-hydrogen) atoms. The summed E-state index contributed by atoms with van der Waals surface area (Å²) in [6.07, 6.45) is 0.967. The lowest BCUT2D eigenvalue weighted by molar-refractivity contribution is 0.588. The summed E-state index contributed by atoms with van der Waals surface area (Å²) in [5.74, 6) is 0.554. The van der Waals surface area contributed by atoms with Crippen molar-refractivity contribution in [2.24, 2.45) is 0 Å². The first-order valence-corrected chi connectivity index (χ1v) is 12.5. The fourth-order valence-corrected chi connectivity index (χ4v) is 5.95. The number of sulfonamides is 1. The number of nitrogens with one attached hydrogen (secondary N) is 2. The number of sulfone groups is 1. The van der Waals surface area contributed by atoms with E-state index in [1.54, 1.807) is 24.3 Å². The smallest absolute Gasteiger partial charge is 0.263 e. The third-order valence-corrected chi connectivity index (χ3v) is 7.45. The number of fused-ring (bicyclic) bond motifs is 1. The van der Waals surface area contributed by atoms with Gasteiger partial charge in [-0.05, 0) is 42.5 Å². The quantitative estimate of drug-likeness (QED) is 0.465. The lowest BCUT2D eigenvalue weighted by Crippen LogP contribution is -2.16. The van der Waals surface area contributed by atoms with E-state index >= 15 is 0 Å². The SMILES string of the molecule is CS(=O)(=O)c1ccccc1S(=O)(=O)Nc1ccc2nc(-c3ccccc3Cl)[nH]c2c1. The van der Waals surface area contributed by atoms with Crippen LogP contribution in [0.4, 0.5) is 5.69 Å². The van der Waals surface area contributed by atoms with Gasteiger partial charge in [0.05, 0.1) is 26.6 Å². The van der Waals surface area contributed by atoms with Crippen LogP contribution in [-0.2, 0) is 19.9 Å². The lowest BCUT2D eigenvalue weighted by Gasteiger charge is -2.11. The summed E-state index contributed by atoms with van der Waals surface area (Å²) in [5, 5.41) is 0.537. The molecule has 4 rings (SSSR count). The maximum atomic E-state index is 12.9. The molecular formula is C20H16ClN3O4S2. The predicted molar refractivity (Wildman–Crippen MR) is 117 cm³/mol. The second kappa shape index (κ2) is 7.42. The van der Waals surface area contributed by atoms with Crippen LogP contribution in [-0.4, -0.2) is 33.1 Å². The minimum absolute atomic E-state index is 0.263. The summed E-state index contributed by atoms with van der Waals surface area (Å²) < 4.78 is 52.1. The number of H-pyrrole nitrogens is 1. The average Bonchev–Trinajstić information content (AvgIpc) is 3.10. The molecular weight excluding hydrogens is 446 g/mol. The maximum Gasteiger partial charge on any atom is 0.263 e. The summed E-state index contributed by atoms with van der Waals surface area (Å²) in [6, 6.07) is 17.5. The highest BCUT2D eigenvalue weighted by Crippen LogP contribution is 2.29. The molecule has 10 heteroatoms. The standard InChI is InChI=1S/C20H16ClN3O4S2/c1-29(25,26)18-8-4-5-9-19(18)30(27,28)24-13-10-11-16-17(12-13)23-20(22-16)14-6-2-3-7-15(14)21/h2-12,24H,1H3,(H,22,23). The number of imidazole rings is 1. The van der Waals surface area contributed by atoms with Crippen molar-refractivity contribution in [1.29, 1.82) is 0 Å². The third kappa shape index (κ3) is 3.91. The Balaban J connectivity index is 1.72. The predicted octanol–water partition coefficient (Wildman–Crippen LogP) is 4.09. The van der Waals surface area contributed by atoms with Gasteiger partial charge >= 0.3 is 0 Å². The van der Waals surface area contributed by atoms with Gasteiger partial charge in [-0.1, -0.05) is 35.9 Å². The molecule has 7 nitrogen and oxygen atoms in total. The van der Waals surface area contributed by atoms with Crippen LogP contribution in [0.15, 0.2) is 76.5 Å². The van der Waals surface area contributed by atoms with Crippen LogP contribution in [0.2, 0.25) is 5.02 Å². The van der Waals surface area contributed by atoms with E-state index in [0.717, 1.165) is 11.8 Å². The Labute approximate surface area is 178 Å². The van der Waals surface area contributed by atoms with Gasteiger partial charge in [0.15, 0.2) is 9.84 Å². The Kier molecular flexibility index (Phi) is 5.05. The van der Waals surface area contributed by atoms with E-state index in [2.05, 4.69) is 14.7 Å². The van der Waals surface area contributed by atoms with Gasteiger partial charge in [0.2, 0.25) is 0 Å². The van der Waals surface area contributed by atoms with Crippen LogP contribution in [0.25, 0.3) is 22.4 Å². The molecule has 4 aromatic rings. The van der Waals surface area contributed by atoms with Crippen LogP contribution in [0.1, 0.15) is 0 Å². The molecule has 0 unspecified atom stereocenters. The molecule has 0 atom stereocenters. The molecule has 0 saturated heterocycles. The number of benzene rings is 3. The highest BCUT2D eigenvalue weighted by atomic mass is 35.5. The molecule has 0 radical (unpaired) electrons. The van der Waals surface area contributed by atoms with E-state index in [0.29, 0.717) is 21.9 Å².